The zero-order valence-electron chi connectivity index (χ0n) is 16.2. The van der Waals surface area contributed by atoms with Gasteiger partial charge in [-0.05, 0) is 20.8 Å². The molecule has 0 aromatic carbocycles. The summed E-state index contributed by atoms with van der Waals surface area (Å²) in [6.45, 7) is 8.24. The largest absolute Gasteiger partial charge is 0.480 e. The number of quaternary nitrogens is 1. The number of carboxylic acids is 4. The molecule has 0 radical (unpaired) electrons. The van der Waals surface area contributed by atoms with Gasteiger partial charge in [-0.1, -0.05) is 0 Å². The van der Waals surface area contributed by atoms with Gasteiger partial charge in [0.15, 0.2) is 0 Å². The first-order valence-electron chi connectivity index (χ1n) is 8.70. The Morgan fingerprint density at radius 1 is 0.593 bits per heavy atom. The summed E-state index contributed by atoms with van der Waals surface area (Å²) in [5.74, 6) is -4.91. The minimum absolute atomic E-state index is 0.0703. The maximum absolute atomic E-state index is 10.6. The number of nitrogens with one attached hydrogen (secondary N) is 1. The SMILES string of the molecule is CC[NH+](CC)CC.O=C(O)CN(CCN(CC(=O)O)CC(=O)O)CC(=O)O. The van der Waals surface area contributed by atoms with Crippen LogP contribution in [-0.4, -0.2) is 113 Å². The molecule has 5 N–H and O–H groups in total. The minimum atomic E-state index is -1.23. The zero-order chi connectivity index (χ0) is 21.4. The van der Waals surface area contributed by atoms with Crippen molar-refractivity contribution in [2.24, 2.45) is 0 Å². The van der Waals surface area contributed by atoms with Crippen molar-refractivity contribution >= 4 is 23.9 Å². The van der Waals surface area contributed by atoms with Crippen molar-refractivity contribution in [3.05, 3.63) is 0 Å². The maximum atomic E-state index is 10.6. The van der Waals surface area contributed by atoms with Gasteiger partial charge in [0, 0.05) is 13.1 Å². The summed E-state index contributed by atoms with van der Waals surface area (Å²) in [6.07, 6.45) is 0. The topological polar surface area (TPSA) is 160 Å². The molecule has 0 aliphatic carbocycles. The van der Waals surface area contributed by atoms with Crippen LogP contribution >= 0.6 is 0 Å². The van der Waals surface area contributed by atoms with Gasteiger partial charge in [-0.2, -0.15) is 0 Å². The third-order valence-electron chi connectivity index (χ3n) is 3.67. The molecule has 0 amide bonds. The van der Waals surface area contributed by atoms with Crippen LogP contribution in [0.2, 0.25) is 0 Å². The number of hydrogen-bond donors (Lipinski definition) is 5. The Morgan fingerprint density at radius 3 is 0.926 bits per heavy atom. The third kappa shape index (κ3) is 18.4. The number of nitrogens with zero attached hydrogens (tertiary/aromatic N) is 2. The first-order chi connectivity index (χ1) is 12.5. The molecule has 0 saturated heterocycles. The Morgan fingerprint density at radius 2 is 0.815 bits per heavy atom. The van der Waals surface area contributed by atoms with Crippen molar-refractivity contribution in [3.8, 4) is 0 Å². The van der Waals surface area contributed by atoms with Crippen LogP contribution in [0.5, 0.6) is 0 Å². The van der Waals surface area contributed by atoms with E-state index in [1.54, 1.807) is 4.90 Å². The molecule has 0 bridgehead atoms. The molecule has 11 heteroatoms. The van der Waals surface area contributed by atoms with Gasteiger partial charge >= 0.3 is 23.9 Å². The Balaban J connectivity index is 0. The van der Waals surface area contributed by atoms with Crippen molar-refractivity contribution in [2.75, 3.05) is 58.9 Å². The molecule has 0 fully saturated rings. The van der Waals surface area contributed by atoms with E-state index in [2.05, 4.69) is 20.8 Å². The van der Waals surface area contributed by atoms with E-state index in [0.717, 1.165) is 9.80 Å². The Hall–Kier alpha value is -2.24. The Labute approximate surface area is 158 Å². The van der Waals surface area contributed by atoms with Crippen molar-refractivity contribution in [1.29, 1.82) is 0 Å². The number of carbonyl (C=O) groups is 4. The van der Waals surface area contributed by atoms with Crippen LogP contribution in [0.25, 0.3) is 0 Å². The predicted octanol–water partition coefficient (Wildman–Crippen LogP) is -2.14. The van der Waals surface area contributed by atoms with Crippen LogP contribution in [0.4, 0.5) is 0 Å². The number of hydrogen-bond acceptors (Lipinski definition) is 6. The molecule has 0 unspecified atom stereocenters. The number of aliphatic carboxylic acids is 4. The molecule has 0 aromatic rings. The van der Waals surface area contributed by atoms with Crippen molar-refractivity contribution in [2.45, 2.75) is 20.8 Å². The van der Waals surface area contributed by atoms with Gasteiger partial charge in [0.25, 0.3) is 0 Å². The van der Waals surface area contributed by atoms with E-state index in [-0.39, 0.29) is 13.1 Å². The highest BCUT2D eigenvalue weighted by Gasteiger charge is 2.17. The van der Waals surface area contributed by atoms with Crippen LogP contribution in [0, 0.1) is 0 Å². The van der Waals surface area contributed by atoms with Crippen LogP contribution in [0.15, 0.2) is 0 Å². The summed E-state index contributed by atoms with van der Waals surface area (Å²) in [5, 5.41) is 34.5. The van der Waals surface area contributed by atoms with Crippen LogP contribution in [-0.2, 0) is 19.2 Å². The summed E-state index contributed by atoms with van der Waals surface area (Å²) in [6, 6.07) is 0. The van der Waals surface area contributed by atoms with Gasteiger partial charge in [0.05, 0.1) is 45.8 Å². The van der Waals surface area contributed by atoms with E-state index in [1.165, 1.54) is 19.6 Å². The first kappa shape index (κ1) is 27.0. The Kier molecular flexibility index (Phi) is 16.0. The quantitative estimate of drug-likeness (QED) is 0.220. The van der Waals surface area contributed by atoms with Crippen molar-refractivity contribution < 1.29 is 44.5 Å². The van der Waals surface area contributed by atoms with Crippen molar-refractivity contribution in [1.82, 2.24) is 9.80 Å². The van der Waals surface area contributed by atoms with E-state index in [0.29, 0.717) is 0 Å². The molecular weight excluding hydrogens is 362 g/mol. The monoisotopic (exact) mass is 394 g/mol. The highest BCUT2D eigenvalue weighted by molar-refractivity contribution is 5.73. The minimum Gasteiger partial charge on any atom is -0.480 e. The molecule has 0 atom stereocenters. The molecule has 0 saturated carbocycles. The molecular formula is C16H32N3O8+. The average Bonchev–Trinajstić information content (AvgIpc) is 2.52. The summed E-state index contributed by atoms with van der Waals surface area (Å²) < 4.78 is 0. The third-order valence-corrected chi connectivity index (χ3v) is 3.67. The van der Waals surface area contributed by atoms with Gasteiger partial charge in [-0.15, -0.1) is 0 Å². The maximum Gasteiger partial charge on any atom is 0.317 e. The van der Waals surface area contributed by atoms with Crippen molar-refractivity contribution in [3.63, 3.8) is 0 Å². The summed E-state index contributed by atoms with van der Waals surface area (Å²) in [7, 11) is 0. The smallest absolute Gasteiger partial charge is 0.317 e. The van der Waals surface area contributed by atoms with E-state index in [1.807, 2.05) is 0 Å². The van der Waals surface area contributed by atoms with Gasteiger partial charge < -0.3 is 25.3 Å². The van der Waals surface area contributed by atoms with E-state index in [9.17, 15) is 19.2 Å². The first-order valence-corrected chi connectivity index (χ1v) is 8.70. The number of rotatable bonds is 14. The molecule has 11 nitrogen and oxygen atoms in total. The lowest BCUT2D eigenvalue weighted by Crippen LogP contribution is -3.11. The Bertz CT molecular complexity index is 395. The highest BCUT2D eigenvalue weighted by atomic mass is 16.4. The summed E-state index contributed by atoms with van der Waals surface area (Å²) in [4.78, 5) is 46.0. The van der Waals surface area contributed by atoms with Crippen LogP contribution < -0.4 is 4.90 Å². The van der Waals surface area contributed by atoms with E-state index >= 15 is 0 Å². The van der Waals surface area contributed by atoms with Gasteiger partial charge in [0.1, 0.15) is 0 Å². The summed E-state index contributed by atoms with van der Waals surface area (Å²) >= 11 is 0. The lowest BCUT2D eigenvalue weighted by molar-refractivity contribution is -0.894. The number of carboxylic acid groups (broad SMARTS) is 4. The lowest BCUT2D eigenvalue weighted by atomic mass is 10.4. The molecule has 0 spiro atoms. The van der Waals surface area contributed by atoms with E-state index in [4.69, 9.17) is 20.4 Å². The fourth-order valence-electron chi connectivity index (χ4n) is 2.23. The highest BCUT2D eigenvalue weighted by Crippen LogP contribution is 1.94. The van der Waals surface area contributed by atoms with E-state index < -0.39 is 50.1 Å². The van der Waals surface area contributed by atoms with Gasteiger partial charge in [-0.3, -0.25) is 29.0 Å². The fraction of sp³-hybridized carbons (Fsp3) is 0.750. The average molecular weight is 394 g/mol. The molecule has 0 rings (SSSR count). The molecule has 0 aliphatic heterocycles. The van der Waals surface area contributed by atoms with Crippen LogP contribution in [0.3, 0.4) is 0 Å². The zero-order valence-corrected chi connectivity index (χ0v) is 16.2. The molecule has 27 heavy (non-hydrogen) atoms. The summed E-state index contributed by atoms with van der Waals surface area (Å²) in [5.41, 5.74) is 0. The predicted molar refractivity (Wildman–Crippen MR) is 96.0 cm³/mol. The van der Waals surface area contributed by atoms with Gasteiger partial charge in [0.2, 0.25) is 0 Å². The fourth-order valence-corrected chi connectivity index (χ4v) is 2.23. The second-order valence-electron chi connectivity index (χ2n) is 5.81. The van der Waals surface area contributed by atoms with Crippen LogP contribution in [0.1, 0.15) is 20.8 Å². The second kappa shape index (κ2) is 16.0. The molecule has 0 aromatic heterocycles. The lowest BCUT2D eigenvalue weighted by Gasteiger charge is -2.23. The molecule has 0 heterocycles. The standard InChI is InChI=1S/C10H16N2O8.C6H15N/c13-7(14)3-11(4-8(15)16)1-2-12(5-9(17)18)6-10(19)20;1-4-7(5-2)6-3/h1-6H2,(H,13,14)(H,15,16)(H,17,18)(H,19,20);4-6H2,1-3H3/p+1. The second-order valence-corrected chi connectivity index (χ2v) is 5.81. The molecule has 158 valence electrons. The normalized spacial score (nSPS) is 10.6. The van der Waals surface area contributed by atoms with Gasteiger partial charge in [-0.25, -0.2) is 0 Å². The molecule has 0 aliphatic rings.